The molecule has 1 N–H and O–H groups in total. The van der Waals surface area contributed by atoms with Crippen LogP contribution < -0.4 is 19.3 Å². The first-order chi connectivity index (χ1) is 18.7. The summed E-state index contributed by atoms with van der Waals surface area (Å²) in [6.07, 6.45) is -3.26. The Morgan fingerprint density at radius 2 is 1.82 bits per heavy atom. The second-order valence-electron chi connectivity index (χ2n) is 8.98. The number of nitrogens with zero attached hydrogens (tertiary/aromatic N) is 5. The normalized spacial score (nSPS) is 17.5. The number of rotatable bonds is 6. The zero-order valence-corrected chi connectivity index (χ0v) is 22.0. The van der Waals surface area contributed by atoms with Gasteiger partial charge in [-0.15, -0.1) is 11.3 Å². The summed E-state index contributed by atoms with van der Waals surface area (Å²) in [7, 11) is 2.96. The van der Waals surface area contributed by atoms with Gasteiger partial charge in [0.15, 0.2) is 0 Å². The monoisotopic (exact) mass is 561 g/mol. The number of anilines is 2. The van der Waals surface area contributed by atoms with Gasteiger partial charge in [0.2, 0.25) is 5.96 Å². The number of methoxy groups -OCH3 is 2. The van der Waals surface area contributed by atoms with Crippen molar-refractivity contribution in [3.8, 4) is 11.5 Å². The van der Waals surface area contributed by atoms with Crippen molar-refractivity contribution >= 4 is 40.5 Å². The van der Waals surface area contributed by atoms with Crippen LogP contribution in [0.25, 0.3) is 0 Å². The van der Waals surface area contributed by atoms with Crippen molar-refractivity contribution in [3.63, 3.8) is 0 Å². The van der Waals surface area contributed by atoms with Gasteiger partial charge in [-0.05, 0) is 35.7 Å². The highest BCUT2D eigenvalue weighted by Gasteiger charge is 2.40. The number of guanidine groups is 1. The zero-order valence-electron chi connectivity index (χ0n) is 21.2. The zero-order chi connectivity index (χ0) is 27.7. The number of carboxylic acids is 1. The van der Waals surface area contributed by atoms with Gasteiger partial charge in [0.05, 0.1) is 48.5 Å². The molecule has 0 saturated carbocycles. The molecule has 1 aromatic carbocycles. The molecule has 4 heterocycles. The number of aromatic nitrogens is 1. The summed E-state index contributed by atoms with van der Waals surface area (Å²) >= 11 is 1.32. The first-order valence-electron chi connectivity index (χ1n) is 12.1. The van der Waals surface area contributed by atoms with Crippen LogP contribution in [-0.2, 0) is 11.0 Å². The predicted octanol–water partition coefficient (Wildman–Crippen LogP) is 5.02. The molecule has 2 aliphatic heterocycles. The van der Waals surface area contributed by atoms with Gasteiger partial charge in [0, 0.05) is 38.4 Å². The number of aliphatic imine (C=N–C) groups is 1. The number of carbonyl (C=O) groups is 1. The van der Waals surface area contributed by atoms with E-state index in [9.17, 15) is 23.1 Å². The molecule has 0 unspecified atom stereocenters. The molecule has 0 spiro atoms. The number of aliphatic carboxylic acids is 1. The SMILES string of the molecule is COc1ccnc(N2CCN(C3=Nc4ccsc4[C@@H](CC(=O)O)N3c3cc(C(F)(F)F)ccc3OC)CC2)c1. The molecule has 0 aliphatic carbocycles. The third kappa shape index (κ3) is 5.31. The van der Waals surface area contributed by atoms with Crippen molar-refractivity contribution in [2.75, 3.05) is 50.2 Å². The second kappa shape index (κ2) is 10.6. The number of thiophene rings is 1. The number of piperazine rings is 1. The summed E-state index contributed by atoms with van der Waals surface area (Å²) in [4.78, 5) is 27.5. The topological polar surface area (TPSA) is 90.7 Å². The van der Waals surface area contributed by atoms with Crippen LogP contribution in [0.2, 0.25) is 0 Å². The Balaban J connectivity index is 1.55. The van der Waals surface area contributed by atoms with Gasteiger partial charge in [0.25, 0.3) is 0 Å². The fraction of sp³-hybridized carbons (Fsp3) is 0.346. The van der Waals surface area contributed by atoms with Crippen LogP contribution >= 0.6 is 11.3 Å². The van der Waals surface area contributed by atoms with Crippen molar-refractivity contribution in [1.29, 1.82) is 0 Å². The summed E-state index contributed by atoms with van der Waals surface area (Å²) in [6, 6.07) is 7.83. The molecule has 0 radical (unpaired) electrons. The van der Waals surface area contributed by atoms with E-state index in [4.69, 9.17) is 14.5 Å². The average Bonchev–Trinajstić information content (AvgIpc) is 3.41. The van der Waals surface area contributed by atoms with Crippen LogP contribution in [-0.4, -0.2) is 67.3 Å². The minimum absolute atomic E-state index is 0.105. The van der Waals surface area contributed by atoms with Crippen LogP contribution in [0.3, 0.4) is 0 Å². The van der Waals surface area contributed by atoms with E-state index >= 15 is 0 Å². The van der Waals surface area contributed by atoms with Gasteiger partial charge in [0.1, 0.15) is 17.3 Å². The number of carboxylic acid groups (broad SMARTS) is 1. The first kappa shape index (κ1) is 26.6. The molecule has 39 heavy (non-hydrogen) atoms. The van der Waals surface area contributed by atoms with Gasteiger partial charge in [-0.3, -0.25) is 9.69 Å². The molecule has 1 fully saturated rings. The number of pyridine rings is 1. The number of hydrogen-bond acceptors (Lipinski definition) is 9. The van der Waals surface area contributed by atoms with Crippen LogP contribution in [0.15, 0.2) is 53.0 Å². The number of fused-ring (bicyclic) bond motifs is 1. The molecule has 13 heteroatoms. The summed E-state index contributed by atoms with van der Waals surface area (Å²) in [6.45, 7) is 2.09. The van der Waals surface area contributed by atoms with Crippen molar-refractivity contribution in [1.82, 2.24) is 9.88 Å². The Morgan fingerprint density at radius 1 is 1.08 bits per heavy atom. The van der Waals surface area contributed by atoms with Crippen molar-refractivity contribution < 1.29 is 32.5 Å². The van der Waals surface area contributed by atoms with Crippen LogP contribution in [0.4, 0.5) is 30.4 Å². The minimum Gasteiger partial charge on any atom is -0.497 e. The Bertz CT molecular complexity index is 1390. The lowest BCUT2D eigenvalue weighted by Gasteiger charge is -2.44. The summed E-state index contributed by atoms with van der Waals surface area (Å²) < 4.78 is 52.1. The Hall–Kier alpha value is -4.00. The van der Waals surface area contributed by atoms with E-state index in [1.165, 1.54) is 24.5 Å². The quantitative estimate of drug-likeness (QED) is 0.449. The lowest BCUT2D eigenvalue weighted by molar-refractivity contribution is -0.138. The van der Waals surface area contributed by atoms with E-state index in [1.807, 2.05) is 11.0 Å². The third-order valence-electron chi connectivity index (χ3n) is 6.70. The van der Waals surface area contributed by atoms with E-state index in [2.05, 4.69) is 9.88 Å². The third-order valence-corrected chi connectivity index (χ3v) is 7.70. The fourth-order valence-corrected chi connectivity index (χ4v) is 5.74. The van der Waals surface area contributed by atoms with Gasteiger partial charge >= 0.3 is 12.1 Å². The molecule has 206 valence electrons. The van der Waals surface area contributed by atoms with Crippen LogP contribution in [0, 0.1) is 0 Å². The molecule has 2 aromatic heterocycles. The Morgan fingerprint density at radius 3 is 2.49 bits per heavy atom. The van der Waals surface area contributed by atoms with Gasteiger partial charge in [-0.1, -0.05) is 0 Å². The highest BCUT2D eigenvalue weighted by molar-refractivity contribution is 7.10. The molecular weight excluding hydrogens is 535 g/mol. The maximum atomic E-state index is 13.8. The highest BCUT2D eigenvalue weighted by Crippen LogP contribution is 2.47. The molecular formula is C26H26F3N5O4S. The molecule has 9 nitrogen and oxygen atoms in total. The number of alkyl halides is 3. The number of halogens is 3. The van der Waals surface area contributed by atoms with Gasteiger partial charge in [-0.25, -0.2) is 9.98 Å². The molecule has 5 rings (SSSR count). The lowest BCUT2D eigenvalue weighted by atomic mass is 10.0. The standard InChI is InChI=1S/C26H26F3N5O4S/c1-37-17-5-7-30-22(14-17)32-8-10-33(11-9-32)25-31-18-6-12-39-24(18)20(15-23(35)36)34(25)19-13-16(26(27,28)29)3-4-21(19)38-2/h3-7,12-14,20H,8-11,15H2,1-2H3,(H,35,36)/t20-/m1/s1. The molecule has 2 aliphatic rings. The fourth-order valence-electron chi connectivity index (χ4n) is 4.81. The largest absolute Gasteiger partial charge is 0.497 e. The second-order valence-corrected chi connectivity index (χ2v) is 9.93. The summed E-state index contributed by atoms with van der Waals surface area (Å²) in [5, 5.41) is 11.6. The van der Waals surface area contributed by atoms with Gasteiger partial charge < -0.3 is 24.4 Å². The Kier molecular flexibility index (Phi) is 7.25. The minimum atomic E-state index is -4.60. The molecule has 3 aromatic rings. The molecule has 0 bridgehead atoms. The summed E-state index contributed by atoms with van der Waals surface area (Å²) in [5.41, 5.74) is -0.147. The molecule has 0 amide bonds. The van der Waals surface area contributed by atoms with E-state index in [0.29, 0.717) is 48.5 Å². The van der Waals surface area contributed by atoms with Crippen LogP contribution in [0.1, 0.15) is 22.9 Å². The highest BCUT2D eigenvalue weighted by atomic mass is 32.1. The van der Waals surface area contributed by atoms with E-state index in [0.717, 1.165) is 18.0 Å². The number of hydrogen-bond donors (Lipinski definition) is 1. The van der Waals surface area contributed by atoms with E-state index < -0.39 is 23.8 Å². The van der Waals surface area contributed by atoms with E-state index in [1.54, 1.807) is 35.7 Å². The van der Waals surface area contributed by atoms with E-state index in [-0.39, 0.29) is 17.9 Å². The predicted molar refractivity (Wildman–Crippen MR) is 141 cm³/mol. The smallest absolute Gasteiger partial charge is 0.416 e. The first-order valence-corrected chi connectivity index (χ1v) is 13.0. The maximum absolute atomic E-state index is 13.8. The number of ether oxygens (including phenoxy) is 2. The lowest BCUT2D eigenvalue weighted by Crippen LogP contribution is -2.55. The number of benzene rings is 1. The molecule has 1 atom stereocenters. The Labute approximate surface area is 226 Å². The van der Waals surface area contributed by atoms with Crippen LogP contribution in [0.5, 0.6) is 11.5 Å². The van der Waals surface area contributed by atoms with Gasteiger partial charge in [-0.2, -0.15) is 13.2 Å². The van der Waals surface area contributed by atoms with Crippen molar-refractivity contribution in [2.45, 2.75) is 18.6 Å². The summed E-state index contributed by atoms with van der Waals surface area (Å²) in [5.74, 6) is 0.919. The molecule has 1 saturated heterocycles. The van der Waals surface area contributed by atoms with Crippen molar-refractivity contribution in [2.24, 2.45) is 4.99 Å². The average molecular weight is 562 g/mol. The maximum Gasteiger partial charge on any atom is 0.416 e. The van der Waals surface area contributed by atoms with Crippen molar-refractivity contribution in [3.05, 3.63) is 58.4 Å².